The lowest BCUT2D eigenvalue weighted by molar-refractivity contribution is -0.123. The Labute approximate surface area is 129 Å². The number of piperidine rings is 1. The number of halogens is 1. The summed E-state index contributed by atoms with van der Waals surface area (Å²) < 4.78 is 12.8. The fraction of sp³-hybridized carbons (Fsp3) is 0.500. The van der Waals surface area contributed by atoms with E-state index >= 15 is 0 Å². The monoisotopic (exact) mass is 307 g/mol. The third-order valence-electron chi connectivity index (χ3n) is 4.15. The smallest absolute Gasteiger partial charge is 0.221 e. The van der Waals surface area contributed by atoms with Crippen LogP contribution in [0.4, 0.5) is 4.39 Å². The first-order valence-corrected chi connectivity index (χ1v) is 7.54. The molecule has 120 valence electrons. The molecule has 2 amide bonds. The van der Waals surface area contributed by atoms with Crippen LogP contribution < -0.4 is 11.1 Å². The summed E-state index contributed by atoms with van der Waals surface area (Å²) >= 11 is 0. The van der Waals surface area contributed by atoms with E-state index in [1.807, 2.05) is 0 Å². The lowest BCUT2D eigenvalue weighted by Gasteiger charge is -2.32. The summed E-state index contributed by atoms with van der Waals surface area (Å²) in [5.41, 5.74) is 6.96. The molecule has 0 radical (unpaired) electrons. The number of hydrogen-bond donors (Lipinski definition) is 2. The van der Waals surface area contributed by atoms with Gasteiger partial charge in [0.1, 0.15) is 5.82 Å². The summed E-state index contributed by atoms with van der Waals surface area (Å²) in [5.74, 6) is -0.124. The fourth-order valence-corrected chi connectivity index (χ4v) is 2.71. The zero-order chi connectivity index (χ0) is 15.9. The maximum absolute atomic E-state index is 12.8. The van der Waals surface area contributed by atoms with Crippen LogP contribution in [0, 0.1) is 11.7 Å². The van der Waals surface area contributed by atoms with Crippen molar-refractivity contribution in [2.45, 2.75) is 31.8 Å². The molecule has 1 aromatic carbocycles. The molecule has 5 nitrogen and oxygen atoms in total. The van der Waals surface area contributed by atoms with Gasteiger partial charge in [0, 0.05) is 32.1 Å². The minimum absolute atomic E-state index is 0.102. The highest BCUT2D eigenvalue weighted by atomic mass is 19.1. The molecule has 1 aliphatic heterocycles. The molecule has 2 rings (SSSR count). The number of hydrogen-bond acceptors (Lipinski definition) is 3. The van der Waals surface area contributed by atoms with E-state index in [-0.39, 0.29) is 30.1 Å². The number of nitrogens with one attached hydrogen (secondary N) is 1. The van der Waals surface area contributed by atoms with E-state index in [9.17, 15) is 14.0 Å². The first-order valence-electron chi connectivity index (χ1n) is 7.54. The van der Waals surface area contributed by atoms with Gasteiger partial charge in [-0.25, -0.2) is 4.39 Å². The number of nitrogens with two attached hydrogens (primary N) is 1. The van der Waals surface area contributed by atoms with Crippen molar-refractivity contribution in [3.05, 3.63) is 35.6 Å². The summed E-state index contributed by atoms with van der Waals surface area (Å²) in [6.07, 6.45) is 2.81. The van der Waals surface area contributed by atoms with Crippen LogP contribution in [0.25, 0.3) is 0 Å². The average molecular weight is 307 g/mol. The normalized spacial score (nSPS) is 17.1. The van der Waals surface area contributed by atoms with Gasteiger partial charge in [0.2, 0.25) is 12.3 Å². The zero-order valence-corrected chi connectivity index (χ0v) is 12.5. The third-order valence-corrected chi connectivity index (χ3v) is 4.15. The number of carbonyl (C=O) groups is 2. The van der Waals surface area contributed by atoms with Crippen LogP contribution >= 0.6 is 0 Å². The van der Waals surface area contributed by atoms with Gasteiger partial charge in [0.05, 0.1) is 0 Å². The molecule has 1 fully saturated rings. The van der Waals surface area contributed by atoms with E-state index in [1.165, 1.54) is 12.1 Å². The highest BCUT2D eigenvalue weighted by molar-refractivity contribution is 5.76. The van der Waals surface area contributed by atoms with E-state index in [4.69, 9.17) is 5.73 Å². The van der Waals surface area contributed by atoms with Crippen molar-refractivity contribution in [2.75, 3.05) is 13.1 Å². The molecule has 1 saturated heterocycles. The summed E-state index contributed by atoms with van der Waals surface area (Å²) in [6.45, 7) is 1.79. The van der Waals surface area contributed by atoms with Gasteiger partial charge in [-0.2, -0.15) is 0 Å². The number of amides is 2. The van der Waals surface area contributed by atoms with Gasteiger partial charge >= 0.3 is 0 Å². The predicted molar refractivity (Wildman–Crippen MR) is 81.2 cm³/mol. The van der Waals surface area contributed by atoms with Gasteiger partial charge in [0.25, 0.3) is 0 Å². The highest BCUT2D eigenvalue weighted by Crippen LogP contribution is 2.20. The van der Waals surface area contributed by atoms with Crippen LogP contribution in [-0.2, 0) is 16.1 Å². The van der Waals surface area contributed by atoms with Crippen LogP contribution in [-0.4, -0.2) is 36.3 Å². The fourth-order valence-electron chi connectivity index (χ4n) is 2.71. The van der Waals surface area contributed by atoms with E-state index in [0.717, 1.165) is 24.8 Å². The SMILES string of the molecule is NC(CC(=O)NCc1ccc(F)cc1)C1CCN(C=O)CC1. The number of rotatable bonds is 6. The molecule has 22 heavy (non-hydrogen) atoms. The molecule has 1 atom stereocenters. The van der Waals surface area contributed by atoms with Gasteiger partial charge in [-0.15, -0.1) is 0 Å². The predicted octanol–water partition coefficient (Wildman–Crippen LogP) is 1.03. The van der Waals surface area contributed by atoms with Crippen molar-refractivity contribution in [2.24, 2.45) is 11.7 Å². The third kappa shape index (κ3) is 4.80. The number of benzene rings is 1. The van der Waals surface area contributed by atoms with Crippen LogP contribution in [0.1, 0.15) is 24.8 Å². The van der Waals surface area contributed by atoms with Gasteiger partial charge in [0.15, 0.2) is 0 Å². The molecule has 0 spiro atoms. The van der Waals surface area contributed by atoms with Crippen LogP contribution in [0.15, 0.2) is 24.3 Å². The van der Waals surface area contributed by atoms with Crippen molar-refractivity contribution >= 4 is 12.3 Å². The van der Waals surface area contributed by atoms with Gasteiger partial charge in [-0.05, 0) is 36.5 Å². The summed E-state index contributed by atoms with van der Waals surface area (Å²) in [4.78, 5) is 24.3. The van der Waals surface area contributed by atoms with Crippen molar-refractivity contribution in [3.63, 3.8) is 0 Å². The number of nitrogens with zero attached hydrogens (tertiary/aromatic N) is 1. The molecule has 3 N–H and O–H groups in total. The summed E-state index contributed by atoms with van der Waals surface area (Å²) in [7, 11) is 0. The minimum atomic E-state index is -0.293. The van der Waals surface area contributed by atoms with E-state index in [0.29, 0.717) is 19.6 Å². The largest absolute Gasteiger partial charge is 0.352 e. The van der Waals surface area contributed by atoms with Crippen LogP contribution in [0.3, 0.4) is 0 Å². The van der Waals surface area contributed by atoms with Crippen molar-refractivity contribution in [3.8, 4) is 0 Å². The van der Waals surface area contributed by atoms with Crippen molar-refractivity contribution < 1.29 is 14.0 Å². The Bertz CT molecular complexity index is 499. The Hall–Kier alpha value is -1.95. The summed E-state index contributed by atoms with van der Waals surface area (Å²) in [6, 6.07) is 5.83. The van der Waals surface area contributed by atoms with E-state index in [2.05, 4.69) is 5.32 Å². The maximum Gasteiger partial charge on any atom is 0.221 e. The minimum Gasteiger partial charge on any atom is -0.352 e. The Kier molecular flexibility index (Phi) is 5.89. The molecule has 1 unspecified atom stereocenters. The van der Waals surface area contributed by atoms with Crippen molar-refractivity contribution in [1.82, 2.24) is 10.2 Å². The van der Waals surface area contributed by atoms with E-state index in [1.54, 1.807) is 17.0 Å². The molecule has 1 aliphatic rings. The molecule has 0 aromatic heterocycles. The Morgan fingerprint density at radius 1 is 1.36 bits per heavy atom. The van der Waals surface area contributed by atoms with Crippen LogP contribution in [0.2, 0.25) is 0 Å². The molecule has 1 heterocycles. The molecule has 0 bridgehead atoms. The second kappa shape index (κ2) is 7.89. The molecular formula is C16H22FN3O2. The van der Waals surface area contributed by atoms with Gasteiger partial charge in [-0.1, -0.05) is 12.1 Å². The Morgan fingerprint density at radius 3 is 2.59 bits per heavy atom. The second-order valence-corrected chi connectivity index (χ2v) is 5.75. The second-order valence-electron chi connectivity index (χ2n) is 5.75. The maximum atomic E-state index is 12.8. The lowest BCUT2D eigenvalue weighted by Crippen LogP contribution is -2.42. The lowest BCUT2D eigenvalue weighted by atomic mass is 9.88. The molecule has 1 aromatic rings. The van der Waals surface area contributed by atoms with Crippen LogP contribution in [0.5, 0.6) is 0 Å². The zero-order valence-electron chi connectivity index (χ0n) is 12.5. The molecule has 6 heteroatoms. The Balaban J connectivity index is 1.72. The van der Waals surface area contributed by atoms with E-state index < -0.39 is 0 Å². The first kappa shape index (κ1) is 16.4. The molecule has 0 saturated carbocycles. The standard InChI is InChI=1S/C16H22FN3O2/c17-14-3-1-12(2-4-14)10-19-16(22)9-15(18)13-5-7-20(11-21)8-6-13/h1-4,11,13,15H,5-10,18H2,(H,19,22). The van der Waals surface area contributed by atoms with Gasteiger partial charge in [-0.3, -0.25) is 9.59 Å². The number of likely N-dealkylation sites (tertiary alicyclic amines) is 1. The topological polar surface area (TPSA) is 75.4 Å². The summed E-state index contributed by atoms with van der Waals surface area (Å²) in [5, 5.41) is 2.80. The molecular weight excluding hydrogens is 285 g/mol. The molecule has 0 aliphatic carbocycles. The van der Waals surface area contributed by atoms with Crippen molar-refractivity contribution in [1.29, 1.82) is 0 Å². The average Bonchev–Trinajstić information content (AvgIpc) is 2.54. The quantitative estimate of drug-likeness (QED) is 0.771. The number of carbonyl (C=O) groups excluding carboxylic acids is 2. The van der Waals surface area contributed by atoms with Gasteiger partial charge < -0.3 is 16.0 Å². The highest BCUT2D eigenvalue weighted by Gasteiger charge is 2.25. The first-order chi connectivity index (χ1) is 10.6. The Morgan fingerprint density at radius 2 is 2.00 bits per heavy atom.